The third-order valence-electron chi connectivity index (χ3n) is 2.93. The summed E-state index contributed by atoms with van der Waals surface area (Å²) in [7, 11) is 0. The molecule has 0 saturated carbocycles. The highest BCUT2D eigenvalue weighted by Gasteiger charge is 2.19. The van der Waals surface area contributed by atoms with Crippen LogP contribution in [0.5, 0.6) is 0 Å². The van der Waals surface area contributed by atoms with Gasteiger partial charge in [-0.3, -0.25) is 10.1 Å². The van der Waals surface area contributed by atoms with E-state index in [4.69, 9.17) is 0 Å². The van der Waals surface area contributed by atoms with Crippen molar-refractivity contribution in [2.24, 2.45) is 4.99 Å². The van der Waals surface area contributed by atoms with E-state index in [1.54, 1.807) is 23.9 Å². The molecule has 1 aromatic carbocycles. The molecule has 0 amide bonds. The molecule has 1 heterocycles. The Kier molecular flexibility index (Phi) is 4.44. The molecule has 106 valence electrons. The quantitative estimate of drug-likeness (QED) is 0.484. The van der Waals surface area contributed by atoms with Crippen LogP contribution in [0.1, 0.15) is 12.5 Å². The highest BCUT2D eigenvalue weighted by atomic mass is 32.2. The number of rotatable bonds is 4. The lowest BCUT2D eigenvalue weighted by Crippen LogP contribution is -2.25. The minimum Gasteiger partial charge on any atom is -0.346 e. The number of benzene rings is 1. The molecule has 1 fully saturated rings. The number of non-ortho nitro benzene ring substituents is 1. The first-order chi connectivity index (χ1) is 9.47. The van der Waals surface area contributed by atoms with E-state index < -0.39 is 0 Å². The van der Waals surface area contributed by atoms with Gasteiger partial charge in [-0.1, -0.05) is 23.9 Å². The highest BCUT2D eigenvalue weighted by Crippen LogP contribution is 2.28. The Morgan fingerprint density at radius 1 is 1.60 bits per heavy atom. The highest BCUT2D eigenvalue weighted by molar-refractivity contribution is 8.14. The number of nitrogens with zero attached hydrogens (tertiary/aromatic N) is 3. The van der Waals surface area contributed by atoms with Gasteiger partial charge in [0.2, 0.25) is 0 Å². The summed E-state index contributed by atoms with van der Waals surface area (Å²) in [5.41, 5.74) is 2.80. The van der Waals surface area contributed by atoms with Gasteiger partial charge in [0, 0.05) is 31.0 Å². The lowest BCUT2D eigenvalue weighted by Gasteiger charge is -2.17. The first-order valence-corrected chi connectivity index (χ1v) is 7.32. The zero-order chi connectivity index (χ0) is 14.7. The summed E-state index contributed by atoms with van der Waals surface area (Å²) < 4.78 is 0. The number of nitro benzene ring substituents is 1. The monoisotopic (exact) mass is 291 g/mol. The summed E-state index contributed by atoms with van der Waals surface area (Å²) in [4.78, 5) is 17.2. The first kappa shape index (κ1) is 14.6. The van der Waals surface area contributed by atoms with Crippen molar-refractivity contribution in [3.63, 3.8) is 0 Å². The van der Waals surface area contributed by atoms with Crippen LogP contribution < -0.4 is 0 Å². The van der Waals surface area contributed by atoms with Gasteiger partial charge in [-0.05, 0) is 25.5 Å². The van der Waals surface area contributed by atoms with Gasteiger partial charge in [0.25, 0.3) is 5.69 Å². The third kappa shape index (κ3) is 3.39. The maximum absolute atomic E-state index is 10.7. The van der Waals surface area contributed by atoms with Crippen LogP contribution in [-0.4, -0.2) is 33.8 Å². The summed E-state index contributed by atoms with van der Waals surface area (Å²) >= 11 is 1.71. The van der Waals surface area contributed by atoms with Gasteiger partial charge in [-0.25, -0.2) is 4.99 Å². The molecule has 20 heavy (non-hydrogen) atoms. The van der Waals surface area contributed by atoms with Crippen LogP contribution in [0, 0.1) is 17.0 Å². The predicted molar refractivity (Wildman–Crippen MR) is 83.8 cm³/mol. The summed E-state index contributed by atoms with van der Waals surface area (Å²) in [5, 5.41) is 11.7. The lowest BCUT2D eigenvalue weighted by molar-refractivity contribution is -0.384. The second-order valence-electron chi connectivity index (χ2n) is 4.85. The Morgan fingerprint density at radius 2 is 2.35 bits per heavy atom. The number of hydrogen-bond donors (Lipinski definition) is 0. The molecule has 2 rings (SSSR count). The van der Waals surface area contributed by atoms with Crippen LogP contribution in [0.2, 0.25) is 0 Å². The zero-order valence-electron chi connectivity index (χ0n) is 11.6. The number of amidine groups is 1. The fourth-order valence-corrected chi connectivity index (χ4v) is 2.99. The van der Waals surface area contributed by atoms with Crippen molar-refractivity contribution in [2.45, 2.75) is 13.8 Å². The maximum Gasteiger partial charge on any atom is 0.269 e. The number of hydrogen-bond acceptors (Lipinski definition) is 4. The summed E-state index contributed by atoms with van der Waals surface area (Å²) in [6, 6.07) is 4.76. The maximum atomic E-state index is 10.7. The SMILES string of the molecule is C=C(C)CN1CCSC1=Nc1ccc([N+](=O)[O-])cc1C. The van der Waals surface area contributed by atoms with Gasteiger partial charge in [0.15, 0.2) is 5.17 Å². The van der Waals surface area contributed by atoms with Gasteiger partial charge < -0.3 is 4.90 Å². The largest absolute Gasteiger partial charge is 0.346 e. The van der Waals surface area contributed by atoms with E-state index in [1.807, 2.05) is 13.8 Å². The molecule has 0 radical (unpaired) electrons. The van der Waals surface area contributed by atoms with Gasteiger partial charge in [0.05, 0.1) is 10.6 Å². The van der Waals surface area contributed by atoms with Gasteiger partial charge in [-0.15, -0.1) is 0 Å². The van der Waals surface area contributed by atoms with E-state index in [2.05, 4.69) is 16.5 Å². The molecule has 6 heteroatoms. The third-order valence-corrected chi connectivity index (χ3v) is 3.93. The van der Waals surface area contributed by atoms with Crippen molar-refractivity contribution >= 4 is 28.3 Å². The van der Waals surface area contributed by atoms with E-state index in [-0.39, 0.29) is 10.6 Å². The van der Waals surface area contributed by atoms with Crippen LogP contribution in [0.15, 0.2) is 35.3 Å². The van der Waals surface area contributed by atoms with Crippen LogP contribution >= 0.6 is 11.8 Å². The fourth-order valence-electron chi connectivity index (χ4n) is 1.99. The van der Waals surface area contributed by atoms with Gasteiger partial charge in [0.1, 0.15) is 0 Å². The second kappa shape index (κ2) is 6.09. The summed E-state index contributed by atoms with van der Waals surface area (Å²) in [6.45, 7) is 9.53. The van der Waals surface area contributed by atoms with E-state index in [9.17, 15) is 10.1 Å². The molecule has 0 spiro atoms. The topological polar surface area (TPSA) is 58.7 Å². The Morgan fingerprint density at radius 3 is 2.95 bits per heavy atom. The molecule has 0 atom stereocenters. The summed E-state index contributed by atoms with van der Waals surface area (Å²) in [6.07, 6.45) is 0. The van der Waals surface area contributed by atoms with Crippen LogP contribution in [-0.2, 0) is 0 Å². The average Bonchev–Trinajstić information content (AvgIpc) is 2.78. The van der Waals surface area contributed by atoms with Gasteiger partial charge >= 0.3 is 0 Å². The average molecular weight is 291 g/mol. The van der Waals surface area contributed by atoms with Crippen LogP contribution in [0.4, 0.5) is 11.4 Å². The van der Waals surface area contributed by atoms with E-state index >= 15 is 0 Å². The second-order valence-corrected chi connectivity index (χ2v) is 5.91. The van der Waals surface area contributed by atoms with Crippen LogP contribution in [0.25, 0.3) is 0 Å². The number of aryl methyl sites for hydroxylation is 1. The molecular formula is C14H17N3O2S. The predicted octanol–water partition coefficient (Wildman–Crippen LogP) is 3.52. The van der Waals surface area contributed by atoms with Gasteiger partial charge in [-0.2, -0.15) is 0 Å². The van der Waals surface area contributed by atoms with E-state index in [0.29, 0.717) is 0 Å². The molecule has 0 aliphatic carbocycles. The standard InChI is InChI=1S/C14H17N3O2S/c1-10(2)9-16-6-7-20-14(16)15-13-5-4-12(17(18)19)8-11(13)3/h4-5,8H,1,6-7,9H2,2-3H3. The van der Waals surface area contributed by atoms with Crippen molar-refractivity contribution in [1.29, 1.82) is 0 Å². The molecule has 0 bridgehead atoms. The van der Waals surface area contributed by atoms with Crippen molar-refractivity contribution < 1.29 is 4.92 Å². The zero-order valence-corrected chi connectivity index (χ0v) is 12.4. The minimum atomic E-state index is -0.387. The Labute approximate surface area is 122 Å². The molecule has 1 saturated heterocycles. The number of thioether (sulfide) groups is 1. The van der Waals surface area contributed by atoms with Crippen molar-refractivity contribution in [2.75, 3.05) is 18.8 Å². The van der Waals surface area contributed by atoms with Crippen molar-refractivity contribution in [3.8, 4) is 0 Å². The fraction of sp³-hybridized carbons (Fsp3) is 0.357. The normalized spacial score (nSPS) is 16.7. The van der Waals surface area contributed by atoms with Crippen molar-refractivity contribution in [3.05, 3.63) is 46.0 Å². The van der Waals surface area contributed by atoms with E-state index in [1.165, 1.54) is 6.07 Å². The molecular weight excluding hydrogens is 274 g/mol. The summed E-state index contributed by atoms with van der Waals surface area (Å²) in [5.74, 6) is 1.01. The smallest absolute Gasteiger partial charge is 0.269 e. The van der Waals surface area contributed by atoms with Crippen molar-refractivity contribution in [1.82, 2.24) is 4.90 Å². The Bertz CT molecular complexity index is 584. The molecule has 0 N–H and O–H groups in total. The first-order valence-electron chi connectivity index (χ1n) is 6.33. The molecule has 1 aliphatic rings. The van der Waals surface area contributed by atoms with E-state index in [0.717, 1.165) is 40.8 Å². The Balaban J connectivity index is 2.25. The minimum absolute atomic E-state index is 0.101. The number of nitro groups is 1. The molecule has 5 nitrogen and oxygen atoms in total. The molecule has 1 aliphatic heterocycles. The Hall–Kier alpha value is -1.82. The number of aliphatic imine (C=N–C) groups is 1. The lowest BCUT2D eigenvalue weighted by atomic mass is 10.2. The molecule has 0 aromatic heterocycles. The molecule has 1 aromatic rings. The van der Waals surface area contributed by atoms with Crippen LogP contribution in [0.3, 0.4) is 0 Å². The molecule has 0 unspecified atom stereocenters.